The summed E-state index contributed by atoms with van der Waals surface area (Å²) in [5.41, 5.74) is 3.35. The second kappa shape index (κ2) is 7.13. The molecule has 4 aromatic rings. The summed E-state index contributed by atoms with van der Waals surface area (Å²) in [6.07, 6.45) is 5.81. The van der Waals surface area contributed by atoms with Crippen LogP contribution in [0.4, 0.5) is 5.82 Å². The molecule has 0 amide bonds. The van der Waals surface area contributed by atoms with Crippen molar-refractivity contribution in [3.05, 3.63) is 48.2 Å². The Morgan fingerprint density at radius 1 is 1.17 bits per heavy atom. The third kappa shape index (κ3) is 2.96. The molecule has 1 atom stereocenters. The first kappa shape index (κ1) is 18.1. The number of aromatic nitrogens is 6. The molecular formula is C22H27N7. The van der Waals surface area contributed by atoms with Crippen LogP contribution in [-0.4, -0.2) is 35.7 Å². The molecule has 1 aliphatic rings. The lowest BCUT2D eigenvalue weighted by atomic mass is 10.2. The molecule has 3 aromatic heterocycles. The van der Waals surface area contributed by atoms with Crippen LogP contribution in [0.15, 0.2) is 36.7 Å². The van der Waals surface area contributed by atoms with Crippen LogP contribution in [0.1, 0.15) is 63.6 Å². The standard InChI is InChI=1S/C22H27N7/c1-4-8-16-13-20(29-22(25-16)23-14-24-29)27-12-7-11-19(27)21-26-17-9-5-6-10-18(17)28(21)15(2)3/h5-6,9-10,13-15,19H,4,7-8,11-12H2,1-3H3/t19-/m1/s1. The zero-order valence-electron chi connectivity index (χ0n) is 17.3. The average Bonchev–Trinajstić information content (AvgIpc) is 3.44. The van der Waals surface area contributed by atoms with Gasteiger partial charge in [0.25, 0.3) is 5.78 Å². The molecule has 0 aliphatic carbocycles. The van der Waals surface area contributed by atoms with E-state index in [0.717, 1.165) is 55.1 Å². The molecule has 150 valence electrons. The number of benzene rings is 1. The summed E-state index contributed by atoms with van der Waals surface area (Å²) in [5, 5.41) is 4.47. The van der Waals surface area contributed by atoms with E-state index in [-0.39, 0.29) is 6.04 Å². The number of nitrogens with zero attached hydrogens (tertiary/aromatic N) is 7. The Balaban J connectivity index is 1.65. The summed E-state index contributed by atoms with van der Waals surface area (Å²) in [6.45, 7) is 7.63. The van der Waals surface area contributed by atoms with Crippen molar-refractivity contribution >= 4 is 22.6 Å². The Kier molecular flexibility index (Phi) is 4.45. The Labute approximate surface area is 170 Å². The first-order chi connectivity index (χ1) is 14.2. The minimum absolute atomic E-state index is 0.217. The van der Waals surface area contributed by atoms with Crippen LogP contribution in [0.3, 0.4) is 0 Å². The van der Waals surface area contributed by atoms with Gasteiger partial charge in [-0.25, -0.2) is 9.97 Å². The van der Waals surface area contributed by atoms with Gasteiger partial charge in [0.15, 0.2) is 0 Å². The molecule has 0 bridgehead atoms. The van der Waals surface area contributed by atoms with Gasteiger partial charge in [-0.15, -0.1) is 0 Å². The van der Waals surface area contributed by atoms with Crippen molar-refractivity contribution in [2.45, 2.75) is 58.5 Å². The van der Waals surface area contributed by atoms with Crippen molar-refractivity contribution in [2.24, 2.45) is 0 Å². The number of anilines is 1. The second-order valence-corrected chi connectivity index (χ2v) is 8.10. The van der Waals surface area contributed by atoms with Crippen LogP contribution >= 0.6 is 0 Å². The molecule has 0 saturated carbocycles. The molecule has 1 aromatic carbocycles. The molecule has 29 heavy (non-hydrogen) atoms. The zero-order valence-corrected chi connectivity index (χ0v) is 17.3. The maximum atomic E-state index is 5.08. The quantitative estimate of drug-likeness (QED) is 0.508. The van der Waals surface area contributed by atoms with Crippen molar-refractivity contribution in [2.75, 3.05) is 11.4 Å². The third-order valence-corrected chi connectivity index (χ3v) is 5.78. The van der Waals surface area contributed by atoms with Gasteiger partial charge in [-0.3, -0.25) is 0 Å². The SMILES string of the molecule is CCCc1cc(N2CCC[C@@H]2c2nc3ccccc3n2C(C)C)n2ncnc2n1. The van der Waals surface area contributed by atoms with Gasteiger partial charge in [0.05, 0.1) is 17.1 Å². The van der Waals surface area contributed by atoms with Gasteiger partial charge in [0, 0.05) is 24.3 Å². The summed E-state index contributed by atoms with van der Waals surface area (Å²) in [6, 6.07) is 11.2. The monoisotopic (exact) mass is 389 g/mol. The fourth-order valence-corrected chi connectivity index (χ4v) is 4.58. The first-order valence-corrected chi connectivity index (χ1v) is 10.6. The molecule has 0 N–H and O–H groups in total. The van der Waals surface area contributed by atoms with Gasteiger partial charge in [0.1, 0.15) is 18.0 Å². The van der Waals surface area contributed by atoms with Gasteiger partial charge < -0.3 is 9.47 Å². The van der Waals surface area contributed by atoms with Gasteiger partial charge in [-0.05, 0) is 45.2 Å². The Morgan fingerprint density at radius 2 is 2.03 bits per heavy atom. The van der Waals surface area contributed by atoms with Crippen LogP contribution in [-0.2, 0) is 6.42 Å². The largest absolute Gasteiger partial charge is 0.346 e. The molecule has 7 heteroatoms. The second-order valence-electron chi connectivity index (χ2n) is 8.10. The van der Waals surface area contributed by atoms with Gasteiger partial charge in [-0.1, -0.05) is 25.5 Å². The minimum atomic E-state index is 0.217. The zero-order chi connectivity index (χ0) is 20.0. The van der Waals surface area contributed by atoms with Gasteiger partial charge in [0.2, 0.25) is 0 Å². The number of hydrogen-bond acceptors (Lipinski definition) is 5. The highest BCUT2D eigenvalue weighted by Crippen LogP contribution is 2.38. The smallest absolute Gasteiger partial charge is 0.254 e. The summed E-state index contributed by atoms with van der Waals surface area (Å²) in [4.78, 5) is 16.6. The molecule has 1 saturated heterocycles. The van der Waals surface area contributed by atoms with E-state index in [4.69, 9.17) is 4.98 Å². The maximum absolute atomic E-state index is 5.08. The lowest BCUT2D eigenvalue weighted by molar-refractivity contribution is 0.538. The molecular weight excluding hydrogens is 362 g/mol. The maximum Gasteiger partial charge on any atom is 0.254 e. The van der Waals surface area contributed by atoms with Crippen LogP contribution in [0.2, 0.25) is 0 Å². The first-order valence-electron chi connectivity index (χ1n) is 10.6. The van der Waals surface area contributed by atoms with Crippen LogP contribution in [0.5, 0.6) is 0 Å². The van der Waals surface area contributed by atoms with E-state index in [2.05, 4.69) is 75.6 Å². The van der Waals surface area contributed by atoms with E-state index in [1.165, 1.54) is 5.52 Å². The Morgan fingerprint density at radius 3 is 2.86 bits per heavy atom. The van der Waals surface area contributed by atoms with Crippen molar-refractivity contribution in [1.82, 2.24) is 29.1 Å². The normalized spacial score (nSPS) is 17.2. The molecule has 1 fully saturated rings. The van der Waals surface area contributed by atoms with Crippen molar-refractivity contribution < 1.29 is 0 Å². The summed E-state index contributed by atoms with van der Waals surface area (Å²) in [7, 11) is 0. The molecule has 0 radical (unpaired) electrons. The van der Waals surface area contributed by atoms with Crippen LogP contribution < -0.4 is 4.90 Å². The fraction of sp³-hybridized carbons (Fsp3) is 0.455. The molecule has 0 unspecified atom stereocenters. The number of para-hydroxylation sites is 2. The van der Waals surface area contributed by atoms with Crippen LogP contribution in [0.25, 0.3) is 16.8 Å². The number of fused-ring (bicyclic) bond motifs is 2. The van der Waals surface area contributed by atoms with E-state index >= 15 is 0 Å². The predicted molar refractivity (Wildman–Crippen MR) is 114 cm³/mol. The number of hydrogen-bond donors (Lipinski definition) is 0. The molecule has 7 nitrogen and oxygen atoms in total. The Hall–Kier alpha value is -2.96. The molecule has 4 heterocycles. The van der Waals surface area contributed by atoms with Crippen LogP contribution in [0, 0.1) is 0 Å². The third-order valence-electron chi connectivity index (χ3n) is 5.78. The Bertz CT molecular complexity index is 1160. The molecule has 0 spiro atoms. The summed E-state index contributed by atoms with van der Waals surface area (Å²) in [5.74, 6) is 2.88. The van der Waals surface area contributed by atoms with E-state index in [9.17, 15) is 0 Å². The lowest BCUT2D eigenvalue weighted by Gasteiger charge is -2.28. The fourth-order valence-electron chi connectivity index (χ4n) is 4.58. The predicted octanol–water partition coefficient (Wildman–Crippen LogP) is 4.35. The highest BCUT2D eigenvalue weighted by Gasteiger charge is 2.33. The molecule has 5 rings (SSSR count). The highest BCUT2D eigenvalue weighted by atomic mass is 15.4. The number of imidazole rings is 1. The highest BCUT2D eigenvalue weighted by molar-refractivity contribution is 5.76. The van der Waals surface area contributed by atoms with E-state index in [0.29, 0.717) is 11.8 Å². The van der Waals surface area contributed by atoms with E-state index in [1.807, 2.05) is 4.52 Å². The van der Waals surface area contributed by atoms with E-state index < -0.39 is 0 Å². The van der Waals surface area contributed by atoms with Gasteiger partial charge in [-0.2, -0.15) is 14.6 Å². The van der Waals surface area contributed by atoms with E-state index in [1.54, 1.807) is 6.33 Å². The lowest BCUT2D eigenvalue weighted by Crippen LogP contribution is -2.28. The van der Waals surface area contributed by atoms with Crippen molar-refractivity contribution in [1.29, 1.82) is 0 Å². The topological polar surface area (TPSA) is 64.1 Å². The number of rotatable bonds is 5. The van der Waals surface area contributed by atoms with Gasteiger partial charge >= 0.3 is 0 Å². The van der Waals surface area contributed by atoms with Crippen molar-refractivity contribution in [3.63, 3.8) is 0 Å². The average molecular weight is 390 g/mol. The summed E-state index contributed by atoms with van der Waals surface area (Å²) < 4.78 is 4.27. The summed E-state index contributed by atoms with van der Waals surface area (Å²) >= 11 is 0. The van der Waals surface area contributed by atoms with Crippen molar-refractivity contribution in [3.8, 4) is 0 Å². The minimum Gasteiger partial charge on any atom is -0.346 e. The number of aryl methyl sites for hydroxylation is 1. The molecule has 1 aliphatic heterocycles.